The molecule has 4 rings (SSSR count). The summed E-state index contributed by atoms with van der Waals surface area (Å²) in [7, 11) is 0. The number of nitrogens with zero attached hydrogens (tertiary/aromatic N) is 4. The lowest BCUT2D eigenvalue weighted by atomic mass is 9.93. The molecule has 0 saturated carbocycles. The summed E-state index contributed by atoms with van der Waals surface area (Å²) in [4.78, 5) is 13.9. The molecule has 1 aromatic heterocycles. The van der Waals surface area contributed by atoms with Crippen LogP contribution in [-0.2, 0) is 11.3 Å². The van der Waals surface area contributed by atoms with Gasteiger partial charge in [0.25, 0.3) is 0 Å². The van der Waals surface area contributed by atoms with Crippen molar-refractivity contribution >= 4 is 5.82 Å². The minimum atomic E-state index is 0.0622. The van der Waals surface area contributed by atoms with Gasteiger partial charge in [0.1, 0.15) is 12.1 Å². The number of nitrogens with one attached hydrogen (secondary N) is 1. The third kappa shape index (κ3) is 4.75. The van der Waals surface area contributed by atoms with E-state index in [4.69, 9.17) is 4.74 Å². The first-order chi connectivity index (χ1) is 14.9. The average molecular weight is 422 g/mol. The Morgan fingerprint density at radius 2 is 1.87 bits per heavy atom. The Kier molecular flexibility index (Phi) is 6.58. The zero-order chi connectivity index (χ0) is 22.0. The van der Waals surface area contributed by atoms with Crippen molar-refractivity contribution in [2.45, 2.75) is 52.4 Å². The van der Waals surface area contributed by atoms with Crippen molar-refractivity contribution in [1.82, 2.24) is 20.2 Å². The van der Waals surface area contributed by atoms with E-state index in [0.717, 1.165) is 49.8 Å². The standard InChI is InChI=1S/C25H35N5O/c1-17(2)26-14-22(21-8-6-18(3)7-9-21)19(4)29-10-12-30(13-11-29)25-24-20(5)31-15-23(24)27-16-28-25/h6-9,16-17,20,22,26H,4,10-15H2,1-3,5H3/t20-,22?/m0/s1. The van der Waals surface area contributed by atoms with Gasteiger partial charge in [-0.15, -0.1) is 0 Å². The topological polar surface area (TPSA) is 53.5 Å². The first-order valence-electron chi connectivity index (χ1n) is 11.4. The van der Waals surface area contributed by atoms with Crippen molar-refractivity contribution in [3.8, 4) is 0 Å². The zero-order valence-electron chi connectivity index (χ0n) is 19.3. The Morgan fingerprint density at radius 1 is 1.16 bits per heavy atom. The molecule has 1 aromatic carbocycles. The van der Waals surface area contributed by atoms with E-state index in [-0.39, 0.29) is 12.0 Å². The van der Waals surface area contributed by atoms with Crippen molar-refractivity contribution in [1.29, 1.82) is 0 Å². The molecule has 0 spiro atoms. The summed E-state index contributed by atoms with van der Waals surface area (Å²) in [6.45, 7) is 18.4. The van der Waals surface area contributed by atoms with Gasteiger partial charge in [0.15, 0.2) is 0 Å². The molecule has 31 heavy (non-hydrogen) atoms. The largest absolute Gasteiger partial charge is 0.371 e. The Morgan fingerprint density at radius 3 is 2.55 bits per heavy atom. The SMILES string of the molecule is C=C(C(CNC(C)C)c1ccc(C)cc1)N1CCN(c2ncnc3c2[C@H](C)OC3)CC1. The van der Waals surface area contributed by atoms with E-state index in [9.17, 15) is 0 Å². The van der Waals surface area contributed by atoms with Crippen LogP contribution in [0.1, 0.15) is 55.2 Å². The zero-order valence-corrected chi connectivity index (χ0v) is 19.3. The van der Waals surface area contributed by atoms with Gasteiger partial charge in [-0.3, -0.25) is 0 Å². The molecule has 2 atom stereocenters. The van der Waals surface area contributed by atoms with Gasteiger partial charge in [-0.25, -0.2) is 9.97 Å². The molecule has 0 amide bonds. The van der Waals surface area contributed by atoms with Crippen LogP contribution in [0.15, 0.2) is 42.9 Å². The number of anilines is 1. The van der Waals surface area contributed by atoms with E-state index >= 15 is 0 Å². The molecule has 6 nitrogen and oxygen atoms in total. The molecule has 0 bridgehead atoms. The second kappa shape index (κ2) is 9.37. The minimum absolute atomic E-state index is 0.0622. The van der Waals surface area contributed by atoms with Crippen molar-refractivity contribution in [2.24, 2.45) is 0 Å². The van der Waals surface area contributed by atoms with Crippen LogP contribution in [0, 0.1) is 6.92 Å². The highest BCUT2D eigenvalue weighted by molar-refractivity contribution is 5.51. The van der Waals surface area contributed by atoms with Gasteiger partial charge in [0, 0.05) is 55.9 Å². The van der Waals surface area contributed by atoms with Gasteiger partial charge in [0.05, 0.1) is 18.4 Å². The van der Waals surface area contributed by atoms with Gasteiger partial charge in [-0.05, 0) is 19.4 Å². The summed E-state index contributed by atoms with van der Waals surface area (Å²) in [6, 6.07) is 9.33. The predicted octanol–water partition coefficient (Wildman–Crippen LogP) is 3.79. The third-order valence-electron chi connectivity index (χ3n) is 6.42. The van der Waals surface area contributed by atoms with Crippen molar-refractivity contribution in [3.05, 3.63) is 65.3 Å². The second-order valence-corrected chi connectivity index (χ2v) is 9.00. The molecule has 2 aliphatic rings. The number of aryl methyl sites for hydroxylation is 1. The van der Waals surface area contributed by atoms with Gasteiger partial charge in [-0.2, -0.15) is 0 Å². The van der Waals surface area contributed by atoms with Crippen molar-refractivity contribution in [3.63, 3.8) is 0 Å². The van der Waals surface area contributed by atoms with E-state index < -0.39 is 0 Å². The number of hydrogen-bond donors (Lipinski definition) is 1. The molecule has 1 unspecified atom stereocenters. The molecule has 2 aromatic rings. The van der Waals surface area contributed by atoms with Gasteiger partial charge >= 0.3 is 0 Å². The highest BCUT2D eigenvalue weighted by Gasteiger charge is 2.30. The van der Waals surface area contributed by atoms with E-state index in [2.05, 4.69) is 83.6 Å². The highest BCUT2D eigenvalue weighted by Crippen LogP contribution is 2.36. The molecule has 0 radical (unpaired) electrons. The van der Waals surface area contributed by atoms with Crippen molar-refractivity contribution < 1.29 is 4.74 Å². The number of hydrogen-bond acceptors (Lipinski definition) is 6. The smallest absolute Gasteiger partial charge is 0.138 e. The molecule has 3 heterocycles. The molecular weight excluding hydrogens is 386 g/mol. The maximum Gasteiger partial charge on any atom is 0.138 e. The Bertz CT molecular complexity index is 903. The second-order valence-electron chi connectivity index (χ2n) is 9.00. The van der Waals surface area contributed by atoms with Crippen LogP contribution >= 0.6 is 0 Å². The summed E-state index contributed by atoms with van der Waals surface area (Å²) in [5.41, 5.74) is 6.00. The summed E-state index contributed by atoms with van der Waals surface area (Å²) in [5, 5.41) is 3.62. The first-order valence-corrected chi connectivity index (χ1v) is 11.4. The van der Waals surface area contributed by atoms with Crippen LogP contribution in [0.5, 0.6) is 0 Å². The van der Waals surface area contributed by atoms with Crippen LogP contribution in [0.4, 0.5) is 5.82 Å². The van der Waals surface area contributed by atoms with Crippen LogP contribution in [-0.4, -0.2) is 53.6 Å². The van der Waals surface area contributed by atoms with Crippen LogP contribution in [0.2, 0.25) is 0 Å². The number of benzene rings is 1. The summed E-state index contributed by atoms with van der Waals surface area (Å²) in [6.07, 6.45) is 1.73. The fourth-order valence-electron chi connectivity index (χ4n) is 4.50. The lowest BCUT2D eigenvalue weighted by Crippen LogP contribution is -2.47. The molecule has 166 valence electrons. The monoisotopic (exact) mass is 421 g/mol. The maximum atomic E-state index is 5.79. The number of aromatic nitrogens is 2. The summed E-state index contributed by atoms with van der Waals surface area (Å²) >= 11 is 0. The molecule has 0 aliphatic carbocycles. The number of ether oxygens (including phenoxy) is 1. The minimum Gasteiger partial charge on any atom is -0.371 e. The number of rotatable bonds is 7. The van der Waals surface area contributed by atoms with E-state index in [1.54, 1.807) is 6.33 Å². The maximum absolute atomic E-state index is 5.79. The molecule has 6 heteroatoms. The van der Waals surface area contributed by atoms with Gasteiger partial charge < -0.3 is 19.9 Å². The normalized spacial score (nSPS) is 19.6. The van der Waals surface area contributed by atoms with E-state index in [0.29, 0.717) is 12.6 Å². The van der Waals surface area contributed by atoms with Gasteiger partial charge in [-0.1, -0.05) is 50.3 Å². The van der Waals surface area contributed by atoms with Crippen LogP contribution < -0.4 is 10.2 Å². The Labute approximate surface area is 186 Å². The van der Waals surface area contributed by atoms with Crippen LogP contribution in [0.25, 0.3) is 0 Å². The Hall–Kier alpha value is -2.44. The predicted molar refractivity (Wildman–Crippen MR) is 125 cm³/mol. The van der Waals surface area contributed by atoms with Crippen molar-refractivity contribution in [2.75, 3.05) is 37.6 Å². The summed E-state index contributed by atoms with van der Waals surface area (Å²) < 4.78 is 5.79. The lowest BCUT2D eigenvalue weighted by Gasteiger charge is -2.40. The molecule has 2 aliphatic heterocycles. The fourth-order valence-corrected chi connectivity index (χ4v) is 4.50. The molecule has 1 N–H and O–H groups in total. The number of piperazine rings is 1. The van der Waals surface area contributed by atoms with E-state index in [1.807, 2.05) is 0 Å². The quantitative estimate of drug-likeness (QED) is 0.734. The van der Waals surface area contributed by atoms with Crippen LogP contribution in [0.3, 0.4) is 0 Å². The van der Waals surface area contributed by atoms with Gasteiger partial charge in [0.2, 0.25) is 0 Å². The average Bonchev–Trinajstić information content (AvgIpc) is 3.16. The molecule has 1 fully saturated rings. The highest BCUT2D eigenvalue weighted by atomic mass is 16.5. The third-order valence-corrected chi connectivity index (χ3v) is 6.42. The lowest BCUT2D eigenvalue weighted by molar-refractivity contribution is 0.0787. The Balaban J connectivity index is 1.46. The first kappa shape index (κ1) is 21.8. The summed E-state index contributed by atoms with van der Waals surface area (Å²) in [5.74, 6) is 1.31. The van der Waals surface area contributed by atoms with E-state index in [1.165, 1.54) is 16.8 Å². The number of fused-ring (bicyclic) bond motifs is 1. The molecular formula is C25H35N5O. The molecule has 1 saturated heterocycles. The fraction of sp³-hybridized carbons (Fsp3) is 0.520.